The summed E-state index contributed by atoms with van der Waals surface area (Å²) >= 11 is 0. The molecule has 0 aromatic carbocycles. The molecule has 1 atom stereocenters. The van der Waals surface area contributed by atoms with Gasteiger partial charge in [0.15, 0.2) is 6.29 Å². The van der Waals surface area contributed by atoms with Crippen LogP contribution >= 0.6 is 0 Å². The van der Waals surface area contributed by atoms with Gasteiger partial charge in [0.25, 0.3) is 0 Å². The highest BCUT2D eigenvalue weighted by Gasteiger charge is 2.13. The lowest BCUT2D eigenvalue weighted by molar-refractivity contribution is -0.169. The summed E-state index contributed by atoms with van der Waals surface area (Å²) in [4.78, 5) is 0. The Morgan fingerprint density at radius 3 is 1.63 bits per heavy atom. The minimum absolute atomic E-state index is 0.0435. The first-order chi connectivity index (χ1) is 13.4. The lowest BCUT2D eigenvalue weighted by Gasteiger charge is -2.22. The van der Waals surface area contributed by atoms with Gasteiger partial charge in [-0.25, -0.2) is 0 Å². The van der Waals surface area contributed by atoms with Gasteiger partial charge in [-0.1, -0.05) is 19.8 Å². The van der Waals surface area contributed by atoms with E-state index in [9.17, 15) is 0 Å². The molecular weight excluding hydrogens is 352 g/mol. The smallest absolute Gasteiger partial charge is 0.157 e. The predicted octanol–water partition coefficient (Wildman–Crippen LogP) is 2.80. The molecule has 7 heteroatoms. The van der Waals surface area contributed by atoms with Crippen LogP contribution in [0, 0.1) is 0 Å². The zero-order valence-electron chi connectivity index (χ0n) is 17.2. The molecule has 162 valence electrons. The standard InChI is InChI=1S/C20H40O7/c1-2-3-5-8-21-10-11-22-12-13-23-14-15-24-16-17-25-18-19-27-20-7-4-6-9-26-20/h20H,2-19H2,1H3. The molecule has 0 aromatic heterocycles. The molecule has 0 N–H and O–H groups in total. The predicted molar refractivity (Wildman–Crippen MR) is 103 cm³/mol. The Morgan fingerprint density at radius 2 is 1.15 bits per heavy atom. The van der Waals surface area contributed by atoms with Gasteiger partial charge >= 0.3 is 0 Å². The first-order valence-corrected chi connectivity index (χ1v) is 10.6. The normalized spacial score (nSPS) is 17.4. The first kappa shape index (κ1) is 24.8. The molecule has 7 nitrogen and oxygen atoms in total. The number of hydrogen-bond donors (Lipinski definition) is 0. The van der Waals surface area contributed by atoms with Gasteiger partial charge in [0.2, 0.25) is 0 Å². The maximum absolute atomic E-state index is 5.58. The largest absolute Gasteiger partial charge is 0.379 e. The van der Waals surface area contributed by atoms with E-state index in [-0.39, 0.29) is 6.29 Å². The molecule has 0 aliphatic carbocycles. The van der Waals surface area contributed by atoms with Crippen LogP contribution in [0.4, 0.5) is 0 Å². The van der Waals surface area contributed by atoms with Gasteiger partial charge in [-0.15, -0.1) is 0 Å². The SMILES string of the molecule is CCCCCOCCOCCOCCOCCOCCOC1CCCCO1. The average molecular weight is 393 g/mol. The molecule has 1 fully saturated rings. The van der Waals surface area contributed by atoms with Crippen LogP contribution in [-0.2, 0) is 33.2 Å². The first-order valence-electron chi connectivity index (χ1n) is 10.6. The van der Waals surface area contributed by atoms with Gasteiger partial charge in [-0.05, 0) is 25.7 Å². The van der Waals surface area contributed by atoms with Gasteiger partial charge in [-0.2, -0.15) is 0 Å². The van der Waals surface area contributed by atoms with E-state index in [4.69, 9.17) is 33.2 Å². The fourth-order valence-electron chi connectivity index (χ4n) is 2.52. The van der Waals surface area contributed by atoms with E-state index in [0.717, 1.165) is 32.5 Å². The van der Waals surface area contributed by atoms with Crippen LogP contribution in [0.1, 0.15) is 45.4 Å². The third-order valence-corrected chi connectivity index (χ3v) is 4.05. The quantitative estimate of drug-likeness (QED) is 0.295. The second-order valence-electron chi connectivity index (χ2n) is 6.44. The molecule has 0 saturated carbocycles. The van der Waals surface area contributed by atoms with Gasteiger partial charge in [0.1, 0.15) is 0 Å². The second-order valence-corrected chi connectivity index (χ2v) is 6.44. The number of ether oxygens (including phenoxy) is 7. The molecule has 0 radical (unpaired) electrons. The zero-order valence-corrected chi connectivity index (χ0v) is 17.2. The summed E-state index contributed by atoms with van der Waals surface area (Å²) < 4.78 is 38.3. The van der Waals surface area contributed by atoms with Crippen LogP contribution in [0.15, 0.2) is 0 Å². The Hall–Kier alpha value is -0.280. The molecular formula is C20H40O7. The summed E-state index contributed by atoms with van der Waals surface area (Å²) in [5.74, 6) is 0. The van der Waals surface area contributed by atoms with Crippen LogP contribution in [-0.4, -0.2) is 85.6 Å². The van der Waals surface area contributed by atoms with Crippen molar-refractivity contribution in [1.82, 2.24) is 0 Å². The summed E-state index contributed by atoms with van der Waals surface area (Å²) in [5, 5.41) is 0. The average Bonchev–Trinajstić information content (AvgIpc) is 2.70. The van der Waals surface area contributed by atoms with Crippen molar-refractivity contribution >= 4 is 0 Å². The van der Waals surface area contributed by atoms with E-state index >= 15 is 0 Å². The number of unbranched alkanes of at least 4 members (excludes halogenated alkanes) is 2. The molecule has 0 spiro atoms. The van der Waals surface area contributed by atoms with E-state index in [0.29, 0.717) is 66.1 Å². The van der Waals surface area contributed by atoms with Gasteiger partial charge in [-0.3, -0.25) is 0 Å². The van der Waals surface area contributed by atoms with Gasteiger partial charge in [0, 0.05) is 13.2 Å². The Kier molecular flexibility index (Phi) is 18.8. The van der Waals surface area contributed by atoms with Crippen LogP contribution < -0.4 is 0 Å². The van der Waals surface area contributed by atoms with Gasteiger partial charge in [0.05, 0.1) is 66.1 Å². The van der Waals surface area contributed by atoms with Crippen molar-refractivity contribution in [2.24, 2.45) is 0 Å². The summed E-state index contributed by atoms with van der Waals surface area (Å²) in [5.41, 5.74) is 0. The third kappa shape index (κ3) is 17.5. The van der Waals surface area contributed by atoms with E-state index < -0.39 is 0 Å². The zero-order chi connectivity index (χ0) is 19.3. The van der Waals surface area contributed by atoms with E-state index in [1.54, 1.807) is 0 Å². The van der Waals surface area contributed by atoms with Crippen LogP contribution in [0.2, 0.25) is 0 Å². The lowest BCUT2D eigenvalue weighted by atomic mass is 10.2. The fraction of sp³-hybridized carbons (Fsp3) is 1.00. The van der Waals surface area contributed by atoms with Crippen molar-refractivity contribution in [3.63, 3.8) is 0 Å². The number of rotatable bonds is 20. The lowest BCUT2D eigenvalue weighted by Crippen LogP contribution is -2.24. The highest BCUT2D eigenvalue weighted by atomic mass is 16.7. The molecule has 1 aliphatic heterocycles. The Labute approximate surface area is 164 Å². The minimum atomic E-state index is -0.0435. The minimum Gasteiger partial charge on any atom is -0.379 e. The maximum atomic E-state index is 5.58. The Morgan fingerprint density at radius 1 is 0.630 bits per heavy atom. The molecule has 0 amide bonds. The third-order valence-electron chi connectivity index (χ3n) is 4.05. The van der Waals surface area contributed by atoms with E-state index in [1.165, 1.54) is 19.3 Å². The molecule has 0 aromatic rings. The molecule has 1 saturated heterocycles. The highest BCUT2D eigenvalue weighted by molar-refractivity contribution is 4.53. The van der Waals surface area contributed by atoms with Crippen LogP contribution in [0.5, 0.6) is 0 Å². The molecule has 1 aliphatic rings. The molecule has 27 heavy (non-hydrogen) atoms. The Balaban J connectivity index is 1.64. The van der Waals surface area contributed by atoms with Gasteiger partial charge < -0.3 is 33.2 Å². The molecule has 1 unspecified atom stereocenters. The molecule has 1 rings (SSSR count). The topological polar surface area (TPSA) is 64.6 Å². The summed E-state index contributed by atoms with van der Waals surface area (Å²) in [7, 11) is 0. The van der Waals surface area contributed by atoms with E-state index in [2.05, 4.69) is 6.92 Å². The van der Waals surface area contributed by atoms with Crippen molar-refractivity contribution in [3.05, 3.63) is 0 Å². The van der Waals surface area contributed by atoms with Crippen LogP contribution in [0.25, 0.3) is 0 Å². The molecule has 0 bridgehead atoms. The summed E-state index contributed by atoms with van der Waals surface area (Å²) in [6, 6.07) is 0. The summed E-state index contributed by atoms with van der Waals surface area (Å²) in [6.45, 7) is 9.68. The van der Waals surface area contributed by atoms with Crippen molar-refractivity contribution in [3.8, 4) is 0 Å². The molecule has 1 heterocycles. The Bertz CT molecular complexity index is 286. The highest BCUT2D eigenvalue weighted by Crippen LogP contribution is 2.13. The maximum Gasteiger partial charge on any atom is 0.157 e. The second kappa shape index (κ2) is 20.5. The fourth-order valence-corrected chi connectivity index (χ4v) is 2.52. The monoisotopic (exact) mass is 392 g/mol. The van der Waals surface area contributed by atoms with E-state index in [1.807, 2.05) is 0 Å². The van der Waals surface area contributed by atoms with Crippen molar-refractivity contribution < 1.29 is 33.2 Å². The van der Waals surface area contributed by atoms with Crippen molar-refractivity contribution in [2.45, 2.75) is 51.7 Å². The number of hydrogen-bond acceptors (Lipinski definition) is 7. The van der Waals surface area contributed by atoms with Crippen molar-refractivity contribution in [2.75, 3.05) is 79.3 Å². The van der Waals surface area contributed by atoms with Crippen molar-refractivity contribution in [1.29, 1.82) is 0 Å². The van der Waals surface area contributed by atoms with Crippen LogP contribution in [0.3, 0.4) is 0 Å². The summed E-state index contributed by atoms with van der Waals surface area (Å²) in [6.07, 6.45) is 6.85.